The van der Waals surface area contributed by atoms with E-state index in [9.17, 15) is 4.79 Å². The lowest BCUT2D eigenvalue weighted by atomic mass is 10.0. The van der Waals surface area contributed by atoms with E-state index in [2.05, 4.69) is 17.8 Å². The van der Waals surface area contributed by atoms with Crippen LogP contribution in [0.2, 0.25) is 0 Å². The molecule has 1 aromatic rings. The van der Waals surface area contributed by atoms with Gasteiger partial charge in [0.15, 0.2) is 0 Å². The standard InChI is InChI=1S/C17H27N3O2/c1-5-8-13-11-15(19-18-13)17(21)20(3)12(2)14-9-6-7-10-16(14)22-4/h6-7,9-10,12-13,15,18-19H,5,8,11H2,1-4H3. The molecule has 1 aliphatic heterocycles. The van der Waals surface area contributed by atoms with Crippen molar-refractivity contribution in [2.24, 2.45) is 0 Å². The number of hydrogen-bond acceptors (Lipinski definition) is 4. The normalized spacial score (nSPS) is 22.4. The Bertz CT molecular complexity index is 506. The van der Waals surface area contributed by atoms with Crippen LogP contribution in [0.25, 0.3) is 0 Å². The Labute approximate surface area is 133 Å². The summed E-state index contributed by atoms with van der Waals surface area (Å²) in [6, 6.07) is 8.04. The molecule has 0 aliphatic carbocycles. The molecule has 3 unspecified atom stereocenters. The Morgan fingerprint density at radius 1 is 1.41 bits per heavy atom. The molecule has 3 atom stereocenters. The Morgan fingerprint density at radius 3 is 2.82 bits per heavy atom. The molecule has 0 radical (unpaired) electrons. The minimum absolute atomic E-state index is 0.0318. The molecule has 22 heavy (non-hydrogen) atoms. The van der Waals surface area contributed by atoms with Crippen LogP contribution in [0.4, 0.5) is 0 Å². The van der Waals surface area contributed by atoms with E-state index in [4.69, 9.17) is 4.74 Å². The molecular weight excluding hydrogens is 278 g/mol. The second kappa shape index (κ2) is 7.61. The summed E-state index contributed by atoms with van der Waals surface area (Å²) in [5, 5.41) is 0. The molecule has 0 saturated carbocycles. The third-order valence-electron chi connectivity index (χ3n) is 4.43. The number of methoxy groups -OCH3 is 1. The molecule has 5 heteroatoms. The van der Waals surface area contributed by atoms with Crippen molar-refractivity contribution in [3.8, 4) is 5.75 Å². The summed E-state index contributed by atoms with van der Waals surface area (Å²) < 4.78 is 5.40. The second-order valence-electron chi connectivity index (χ2n) is 5.93. The zero-order valence-electron chi connectivity index (χ0n) is 13.9. The highest BCUT2D eigenvalue weighted by molar-refractivity contribution is 5.82. The van der Waals surface area contributed by atoms with Crippen LogP contribution in [0.1, 0.15) is 44.7 Å². The SMILES string of the molecule is CCCC1CC(C(=O)N(C)C(C)c2ccccc2OC)NN1. The van der Waals surface area contributed by atoms with Crippen molar-refractivity contribution in [1.82, 2.24) is 15.8 Å². The minimum Gasteiger partial charge on any atom is -0.496 e. The number of hydrogen-bond donors (Lipinski definition) is 2. The number of carbonyl (C=O) groups is 1. The van der Waals surface area contributed by atoms with Gasteiger partial charge in [0, 0.05) is 18.7 Å². The molecule has 0 bridgehead atoms. The average molecular weight is 305 g/mol. The summed E-state index contributed by atoms with van der Waals surface area (Å²) in [4.78, 5) is 14.5. The van der Waals surface area contributed by atoms with Crippen LogP contribution in [0.5, 0.6) is 5.75 Å². The number of hydrazine groups is 1. The molecule has 2 N–H and O–H groups in total. The van der Waals surface area contributed by atoms with Gasteiger partial charge in [0.25, 0.3) is 0 Å². The van der Waals surface area contributed by atoms with E-state index in [1.54, 1.807) is 12.0 Å². The van der Waals surface area contributed by atoms with Crippen LogP contribution < -0.4 is 15.6 Å². The summed E-state index contributed by atoms with van der Waals surface area (Å²) >= 11 is 0. The lowest BCUT2D eigenvalue weighted by molar-refractivity contribution is -0.133. The van der Waals surface area contributed by atoms with Gasteiger partial charge in [-0.2, -0.15) is 0 Å². The van der Waals surface area contributed by atoms with Crippen molar-refractivity contribution in [2.45, 2.75) is 51.2 Å². The highest BCUT2D eigenvalue weighted by Gasteiger charge is 2.32. The molecule has 1 saturated heterocycles. The van der Waals surface area contributed by atoms with E-state index in [1.807, 2.05) is 38.2 Å². The quantitative estimate of drug-likeness (QED) is 0.846. The van der Waals surface area contributed by atoms with Crippen molar-refractivity contribution in [1.29, 1.82) is 0 Å². The molecule has 1 amide bonds. The van der Waals surface area contributed by atoms with E-state index in [-0.39, 0.29) is 18.0 Å². The van der Waals surface area contributed by atoms with E-state index in [0.29, 0.717) is 6.04 Å². The van der Waals surface area contributed by atoms with Crippen LogP contribution in [0.3, 0.4) is 0 Å². The van der Waals surface area contributed by atoms with E-state index in [0.717, 1.165) is 30.6 Å². The zero-order chi connectivity index (χ0) is 16.1. The maximum Gasteiger partial charge on any atom is 0.241 e. The molecule has 1 aliphatic rings. The van der Waals surface area contributed by atoms with Crippen LogP contribution in [0, 0.1) is 0 Å². The molecule has 2 rings (SSSR count). The van der Waals surface area contributed by atoms with Crippen molar-refractivity contribution < 1.29 is 9.53 Å². The summed E-state index contributed by atoms with van der Waals surface area (Å²) in [5.41, 5.74) is 7.38. The van der Waals surface area contributed by atoms with Gasteiger partial charge in [0.2, 0.25) is 5.91 Å². The topological polar surface area (TPSA) is 53.6 Å². The van der Waals surface area contributed by atoms with Gasteiger partial charge in [-0.05, 0) is 25.8 Å². The third kappa shape index (κ3) is 3.59. The van der Waals surface area contributed by atoms with Gasteiger partial charge < -0.3 is 9.64 Å². The van der Waals surface area contributed by atoms with Crippen LogP contribution in [0.15, 0.2) is 24.3 Å². The smallest absolute Gasteiger partial charge is 0.241 e. The van der Waals surface area contributed by atoms with Gasteiger partial charge in [-0.3, -0.25) is 10.2 Å². The number of rotatable bonds is 6. The fourth-order valence-corrected chi connectivity index (χ4v) is 2.98. The Kier molecular flexibility index (Phi) is 5.80. The molecule has 1 aromatic carbocycles. The van der Waals surface area contributed by atoms with Gasteiger partial charge in [-0.15, -0.1) is 0 Å². The molecule has 0 aromatic heterocycles. The van der Waals surface area contributed by atoms with Crippen molar-refractivity contribution in [2.75, 3.05) is 14.2 Å². The number of carbonyl (C=O) groups excluding carboxylic acids is 1. The van der Waals surface area contributed by atoms with Gasteiger partial charge in [-0.25, -0.2) is 5.43 Å². The number of ether oxygens (including phenoxy) is 1. The monoisotopic (exact) mass is 305 g/mol. The summed E-state index contributed by atoms with van der Waals surface area (Å²) in [6.07, 6.45) is 3.05. The molecule has 1 heterocycles. The largest absolute Gasteiger partial charge is 0.496 e. The fourth-order valence-electron chi connectivity index (χ4n) is 2.98. The summed E-state index contributed by atoms with van der Waals surface area (Å²) in [6.45, 7) is 4.19. The molecule has 5 nitrogen and oxygen atoms in total. The Balaban J connectivity index is 2.04. The van der Waals surface area contributed by atoms with Crippen LogP contribution in [-0.2, 0) is 4.79 Å². The van der Waals surface area contributed by atoms with E-state index >= 15 is 0 Å². The number of nitrogens with one attached hydrogen (secondary N) is 2. The first kappa shape index (κ1) is 16.8. The number of para-hydroxylation sites is 1. The minimum atomic E-state index is -0.154. The van der Waals surface area contributed by atoms with Gasteiger partial charge in [0.1, 0.15) is 11.8 Å². The zero-order valence-corrected chi connectivity index (χ0v) is 13.9. The Morgan fingerprint density at radius 2 is 2.14 bits per heavy atom. The lowest BCUT2D eigenvalue weighted by Gasteiger charge is -2.28. The van der Waals surface area contributed by atoms with Crippen LogP contribution >= 0.6 is 0 Å². The maximum atomic E-state index is 12.7. The number of likely N-dealkylation sites (N-methyl/N-ethyl adjacent to an activating group) is 1. The second-order valence-corrected chi connectivity index (χ2v) is 5.93. The number of amides is 1. The predicted molar refractivity (Wildman–Crippen MR) is 87.6 cm³/mol. The van der Waals surface area contributed by atoms with Gasteiger partial charge in [-0.1, -0.05) is 31.5 Å². The third-order valence-corrected chi connectivity index (χ3v) is 4.43. The predicted octanol–water partition coefficient (Wildman–Crippen LogP) is 2.25. The molecule has 1 fully saturated rings. The highest BCUT2D eigenvalue weighted by Crippen LogP contribution is 2.28. The summed E-state index contributed by atoms with van der Waals surface area (Å²) in [5.74, 6) is 0.931. The highest BCUT2D eigenvalue weighted by atomic mass is 16.5. The number of nitrogens with zero attached hydrogens (tertiary/aromatic N) is 1. The fraction of sp³-hybridized carbons (Fsp3) is 0.588. The molecular formula is C17H27N3O2. The van der Waals surface area contributed by atoms with Crippen molar-refractivity contribution in [3.63, 3.8) is 0 Å². The van der Waals surface area contributed by atoms with Gasteiger partial charge >= 0.3 is 0 Å². The van der Waals surface area contributed by atoms with Crippen LogP contribution in [-0.4, -0.2) is 37.0 Å². The summed E-state index contributed by atoms with van der Waals surface area (Å²) in [7, 11) is 3.51. The maximum absolute atomic E-state index is 12.7. The van der Waals surface area contributed by atoms with Crippen molar-refractivity contribution >= 4 is 5.91 Å². The molecule has 0 spiro atoms. The first-order valence-corrected chi connectivity index (χ1v) is 7.99. The van der Waals surface area contributed by atoms with E-state index in [1.165, 1.54) is 0 Å². The Hall–Kier alpha value is -1.59. The molecule has 122 valence electrons. The average Bonchev–Trinajstić information content (AvgIpc) is 3.01. The first-order valence-electron chi connectivity index (χ1n) is 7.99. The van der Waals surface area contributed by atoms with Crippen molar-refractivity contribution in [3.05, 3.63) is 29.8 Å². The van der Waals surface area contributed by atoms with Gasteiger partial charge in [0.05, 0.1) is 13.2 Å². The first-order chi connectivity index (χ1) is 10.6. The number of benzene rings is 1. The van der Waals surface area contributed by atoms with E-state index < -0.39 is 0 Å². The lowest BCUT2D eigenvalue weighted by Crippen LogP contribution is -2.45.